The monoisotopic (exact) mass is 377 g/mol. The number of amides is 1. The van der Waals surface area contributed by atoms with Crippen LogP contribution in [0.2, 0.25) is 0 Å². The van der Waals surface area contributed by atoms with Crippen molar-refractivity contribution in [1.82, 2.24) is 5.43 Å². The molecule has 0 fully saturated rings. The van der Waals surface area contributed by atoms with Gasteiger partial charge in [0.25, 0.3) is 5.91 Å². The third kappa shape index (κ3) is 4.06. The van der Waals surface area contributed by atoms with Crippen LogP contribution in [-0.4, -0.2) is 35.4 Å². The van der Waals surface area contributed by atoms with Gasteiger partial charge in [0.05, 0.1) is 11.8 Å². The Morgan fingerprint density at radius 3 is 2.36 bits per heavy atom. The average Bonchev–Trinajstić information content (AvgIpc) is 2.70. The van der Waals surface area contributed by atoms with Crippen LogP contribution >= 0.6 is 0 Å². The molecule has 1 amide bonds. The number of phenols is 2. The highest BCUT2D eigenvalue weighted by atomic mass is 16.3. The van der Waals surface area contributed by atoms with Gasteiger partial charge in [-0.3, -0.25) is 4.79 Å². The molecule has 0 heterocycles. The van der Waals surface area contributed by atoms with Crippen molar-refractivity contribution in [2.75, 3.05) is 18.0 Å². The lowest BCUT2D eigenvalue weighted by Gasteiger charge is -2.21. The lowest BCUT2D eigenvalue weighted by atomic mass is 10.1. The van der Waals surface area contributed by atoms with Gasteiger partial charge in [0, 0.05) is 24.3 Å². The van der Waals surface area contributed by atoms with Crippen molar-refractivity contribution in [3.63, 3.8) is 0 Å². The Morgan fingerprint density at radius 2 is 1.68 bits per heavy atom. The molecule has 28 heavy (non-hydrogen) atoms. The van der Waals surface area contributed by atoms with E-state index in [0.29, 0.717) is 5.56 Å². The Bertz CT molecular complexity index is 1030. The van der Waals surface area contributed by atoms with Crippen molar-refractivity contribution in [3.05, 3.63) is 65.7 Å². The summed E-state index contributed by atoms with van der Waals surface area (Å²) in [6.07, 6.45) is 1.39. The molecule has 3 N–H and O–H groups in total. The first-order valence-electron chi connectivity index (χ1n) is 9.16. The predicted molar refractivity (Wildman–Crippen MR) is 112 cm³/mol. The number of phenolic OH excluding ortho intramolecular Hbond substituents is 2. The number of fused-ring (bicyclic) bond motifs is 1. The van der Waals surface area contributed by atoms with Crippen LogP contribution in [0.4, 0.5) is 5.69 Å². The number of carbonyl (C=O) groups excluding carboxylic acids is 1. The Morgan fingerprint density at radius 1 is 1.00 bits per heavy atom. The standard InChI is InChI=1S/C22H23N3O3/c1-3-25(4-2)18-9-10-20(26)17(11-18)14-23-24-22(28)19-12-15-7-5-6-8-16(15)13-21(19)27/h5-14,26-27H,3-4H2,1-2H3,(H,24,28)/b23-14+. The lowest BCUT2D eigenvalue weighted by Crippen LogP contribution is -2.21. The maximum atomic E-state index is 12.4. The first-order chi connectivity index (χ1) is 13.5. The topological polar surface area (TPSA) is 85.2 Å². The molecule has 144 valence electrons. The van der Waals surface area contributed by atoms with Crippen molar-refractivity contribution in [2.24, 2.45) is 5.10 Å². The summed E-state index contributed by atoms with van der Waals surface area (Å²) in [4.78, 5) is 14.5. The number of hydrogen-bond acceptors (Lipinski definition) is 5. The summed E-state index contributed by atoms with van der Waals surface area (Å²) in [6.45, 7) is 5.80. The van der Waals surface area contributed by atoms with Crippen molar-refractivity contribution in [1.29, 1.82) is 0 Å². The molecule has 6 heteroatoms. The summed E-state index contributed by atoms with van der Waals surface area (Å²) in [6, 6.07) is 15.9. The van der Waals surface area contributed by atoms with E-state index in [0.717, 1.165) is 29.5 Å². The molecule has 3 aromatic rings. The summed E-state index contributed by atoms with van der Waals surface area (Å²) in [5.41, 5.74) is 3.99. The number of hydrazone groups is 1. The minimum atomic E-state index is -0.529. The van der Waals surface area contributed by atoms with E-state index in [1.54, 1.807) is 18.2 Å². The molecule has 3 rings (SSSR count). The van der Waals surface area contributed by atoms with Crippen LogP contribution in [-0.2, 0) is 0 Å². The van der Waals surface area contributed by atoms with Gasteiger partial charge in [-0.1, -0.05) is 24.3 Å². The molecule has 0 aliphatic carbocycles. The number of rotatable bonds is 6. The molecule has 3 aromatic carbocycles. The highest BCUT2D eigenvalue weighted by Gasteiger charge is 2.12. The summed E-state index contributed by atoms with van der Waals surface area (Å²) in [7, 11) is 0. The Labute approximate surface area is 163 Å². The number of carbonyl (C=O) groups is 1. The first kappa shape index (κ1) is 19.2. The second-order valence-corrected chi connectivity index (χ2v) is 6.33. The third-order valence-corrected chi connectivity index (χ3v) is 4.62. The fourth-order valence-electron chi connectivity index (χ4n) is 3.06. The van der Waals surface area contributed by atoms with Gasteiger partial charge in [-0.25, -0.2) is 5.43 Å². The maximum Gasteiger partial charge on any atom is 0.275 e. The Hall–Kier alpha value is -3.54. The van der Waals surface area contributed by atoms with E-state index in [2.05, 4.69) is 29.3 Å². The predicted octanol–water partition coefficient (Wildman–Crippen LogP) is 3.86. The smallest absolute Gasteiger partial charge is 0.275 e. The van der Waals surface area contributed by atoms with Crippen LogP contribution in [0.15, 0.2) is 59.7 Å². The SMILES string of the molecule is CCN(CC)c1ccc(O)c(/C=N/NC(=O)c2cc3ccccc3cc2O)c1. The van der Waals surface area contributed by atoms with E-state index in [-0.39, 0.29) is 17.1 Å². The largest absolute Gasteiger partial charge is 0.507 e. The van der Waals surface area contributed by atoms with Crippen LogP contribution in [0.5, 0.6) is 11.5 Å². The van der Waals surface area contributed by atoms with E-state index in [1.807, 2.05) is 36.4 Å². The maximum absolute atomic E-state index is 12.4. The molecular formula is C22H23N3O3. The number of benzene rings is 3. The molecule has 0 saturated carbocycles. The molecule has 0 spiro atoms. The van der Waals surface area contributed by atoms with Crippen molar-refractivity contribution in [2.45, 2.75) is 13.8 Å². The van der Waals surface area contributed by atoms with Crippen molar-refractivity contribution < 1.29 is 15.0 Å². The van der Waals surface area contributed by atoms with Crippen LogP contribution in [0.3, 0.4) is 0 Å². The minimum Gasteiger partial charge on any atom is -0.507 e. The second kappa shape index (κ2) is 8.43. The van der Waals surface area contributed by atoms with E-state index >= 15 is 0 Å². The summed E-state index contributed by atoms with van der Waals surface area (Å²) in [5, 5.41) is 25.8. The van der Waals surface area contributed by atoms with Gasteiger partial charge in [0.1, 0.15) is 11.5 Å². The van der Waals surface area contributed by atoms with Gasteiger partial charge in [0.2, 0.25) is 0 Å². The van der Waals surface area contributed by atoms with Gasteiger partial charge in [-0.2, -0.15) is 5.10 Å². The zero-order valence-electron chi connectivity index (χ0n) is 15.9. The molecule has 0 bridgehead atoms. The molecule has 0 unspecified atom stereocenters. The quantitative estimate of drug-likeness (QED) is 0.450. The fourth-order valence-corrected chi connectivity index (χ4v) is 3.06. The van der Waals surface area contributed by atoms with E-state index in [9.17, 15) is 15.0 Å². The van der Waals surface area contributed by atoms with E-state index < -0.39 is 5.91 Å². The van der Waals surface area contributed by atoms with Crippen molar-refractivity contribution in [3.8, 4) is 11.5 Å². The molecule has 0 atom stereocenters. The van der Waals surface area contributed by atoms with Crippen LogP contribution in [0.1, 0.15) is 29.8 Å². The van der Waals surface area contributed by atoms with Crippen LogP contribution in [0, 0.1) is 0 Å². The average molecular weight is 377 g/mol. The number of aromatic hydroxyl groups is 2. The van der Waals surface area contributed by atoms with E-state index in [4.69, 9.17) is 0 Å². The van der Waals surface area contributed by atoms with Crippen molar-refractivity contribution >= 4 is 28.6 Å². The zero-order chi connectivity index (χ0) is 20.1. The minimum absolute atomic E-state index is 0.0717. The van der Waals surface area contributed by atoms with E-state index in [1.165, 1.54) is 6.21 Å². The number of nitrogens with one attached hydrogen (secondary N) is 1. The zero-order valence-corrected chi connectivity index (χ0v) is 15.9. The van der Waals surface area contributed by atoms with Gasteiger partial charge >= 0.3 is 0 Å². The first-order valence-corrected chi connectivity index (χ1v) is 9.16. The number of hydrogen-bond donors (Lipinski definition) is 3. The molecule has 0 saturated heterocycles. The number of nitrogens with zero attached hydrogens (tertiary/aromatic N) is 2. The molecule has 0 aromatic heterocycles. The van der Waals surface area contributed by atoms with Crippen LogP contribution < -0.4 is 10.3 Å². The third-order valence-electron chi connectivity index (χ3n) is 4.62. The van der Waals surface area contributed by atoms with Gasteiger partial charge in [0.15, 0.2) is 0 Å². The fraction of sp³-hybridized carbons (Fsp3) is 0.182. The van der Waals surface area contributed by atoms with Gasteiger partial charge < -0.3 is 15.1 Å². The Kier molecular flexibility index (Phi) is 5.79. The normalized spacial score (nSPS) is 11.1. The second-order valence-electron chi connectivity index (χ2n) is 6.33. The van der Waals surface area contributed by atoms with Gasteiger partial charge in [-0.15, -0.1) is 0 Å². The summed E-state index contributed by atoms with van der Waals surface area (Å²) >= 11 is 0. The molecule has 0 aliphatic rings. The van der Waals surface area contributed by atoms with Crippen LogP contribution in [0.25, 0.3) is 10.8 Å². The highest BCUT2D eigenvalue weighted by Crippen LogP contribution is 2.25. The molecule has 0 aliphatic heterocycles. The van der Waals surface area contributed by atoms with Gasteiger partial charge in [-0.05, 0) is 55.0 Å². The highest BCUT2D eigenvalue weighted by molar-refractivity contribution is 6.01. The molecular weight excluding hydrogens is 354 g/mol. The Balaban J connectivity index is 1.78. The summed E-state index contributed by atoms with van der Waals surface area (Å²) < 4.78 is 0. The molecule has 0 radical (unpaired) electrons. The lowest BCUT2D eigenvalue weighted by molar-refractivity contribution is 0.0952. The number of anilines is 1. The summed E-state index contributed by atoms with van der Waals surface area (Å²) in [5.74, 6) is -0.570. The molecule has 6 nitrogen and oxygen atoms in total.